The predicted octanol–water partition coefficient (Wildman–Crippen LogP) is 2.94. The van der Waals surface area contributed by atoms with Crippen molar-refractivity contribution >= 4 is 28.5 Å². The number of fused-ring (bicyclic) bond motifs is 1. The minimum Gasteiger partial charge on any atom is -0.436 e. The van der Waals surface area contributed by atoms with Gasteiger partial charge in [-0.1, -0.05) is 12.1 Å². The lowest BCUT2D eigenvalue weighted by atomic mass is 10.1. The third-order valence-corrected chi connectivity index (χ3v) is 4.13. The van der Waals surface area contributed by atoms with E-state index >= 15 is 0 Å². The lowest BCUT2D eigenvalue weighted by Crippen LogP contribution is -2.43. The number of carbonyl (C=O) groups excluding carboxylic acids is 1. The van der Waals surface area contributed by atoms with Crippen LogP contribution in [-0.4, -0.2) is 42.2 Å². The number of hydrogen-bond acceptors (Lipinski definition) is 5. The number of ether oxygens (including phenoxy) is 1. The highest BCUT2D eigenvalue weighted by atomic mass is 16.5. The highest BCUT2D eigenvalue weighted by Gasteiger charge is 2.18. The van der Waals surface area contributed by atoms with Gasteiger partial charge in [0.25, 0.3) is 0 Å². The van der Waals surface area contributed by atoms with E-state index in [1.54, 1.807) is 17.0 Å². The summed E-state index contributed by atoms with van der Waals surface area (Å²) in [5.41, 5.74) is 9.41. The van der Waals surface area contributed by atoms with Crippen LogP contribution in [0.4, 0.5) is 16.2 Å². The summed E-state index contributed by atoms with van der Waals surface area (Å²) in [6.45, 7) is 2.26. The zero-order valence-corrected chi connectivity index (χ0v) is 13.6. The fraction of sp³-hybridized carbons (Fsp3) is 0.222. The smallest absolute Gasteiger partial charge is 0.322 e. The Balaban J connectivity index is 1.55. The Morgan fingerprint density at radius 1 is 1.16 bits per heavy atom. The predicted molar refractivity (Wildman–Crippen MR) is 95.3 cm³/mol. The van der Waals surface area contributed by atoms with E-state index in [0.717, 1.165) is 16.7 Å². The molecule has 0 bridgehead atoms. The first-order valence-corrected chi connectivity index (χ1v) is 8.10. The average molecular weight is 338 g/mol. The molecule has 1 aromatic heterocycles. The molecule has 0 spiro atoms. The molecule has 1 saturated heterocycles. The molecule has 1 aliphatic rings. The van der Waals surface area contributed by atoms with Gasteiger partial charge in [-0.25, -0.2) is 9.78 Å². The summed E-state index contributed by atoms with van der Waals surface area (Å²) in [7, 11) is 0. The van der Waals surface area contributed by atoms with E-state index < -0.39 is 0 Å². The fourth-order valence-corrected chi connectivity index (χ4v) is 2.77. The van der Waals surface area contributed by atoms with E-state index in [9.17, 15) is 4.79 Å². The number of aromatic nitrogens is 1. The molecule has 0 unspecified atom stereocenters. The Kier molecular flexibility index (Phi) is 3.99. The molecular formula is C18H18N4O3. The van der Waals surface area contributed by atoms with Crippen molar-refractivity contribution in [3.8, 4) is 11.5 Å². The number of carbonyl (C=O) groups is 1. The maximum Gasteiger partial charge on any atom is 0.322 e. The third kappa shape index (κ3) is 3.14. The molecule has 128 valence electrons. The molecule has 7 heteroatoms. The lowest BCUT2D eigenvalue weighted by molar-refractivity contribution is 0.0564. The maximum absolute atomic E-state index is 12.3. The van der Waals surface area contributed by atoms with Crippen molar-refractivity contribution in [2.24, 2.45) is 0 Å². The van der Waals surface area contributed by atoms with Crippen LogP contribution in [0.15, 0.2) is 46.9 Å². The minimum absolute atomic E-state index is 0.176. The van der Waals surface area contributed by atoms with Gasteiger partial charge in [0.2, 0.25) is 5.89 Å². The number of para-hydroxylation sites is 2. The number of rotatable bonds is 2. The molecule has 3 aromatic rings. The van der Waals surface area contributed by atoms with Gasteiger partial charge in [-0.15, -0.1) is 0 Å². The molecule has 2 amide bonds. The van der Waals surface area contributed by atoms with Crippen molar-refractivity contribution in [2.75, 3.05) is 37.4 Å². The summed E-state index contributed by atoms with van der Waals surface area (Å²) in [5, 5.41) is 2.84. The summed E-state index contributed by atoms with van der Waals surface area (Å²) < 4.78 is 11.0. The lowest BCUT2D eigenvalue weighted by Gasteiger charge is -2.27. The monoisotopic (exact) mass is 338 g/mol. The molecule has 0 aliphatic carbocycles. The number of nitrogens with zero attached hydrogens (tertiary/aromatic N) is 2. The molecule has 3 N–H and O–H groups in total. The maximum atomic E-state index is 12.3. The number of morpholine rings is 1. The molecule has 25 heavy (non-hydrogen) atoms. The molecule has 2 heterocycles. The second kappa shape index (κ2) is 6.45. The number of anilines is 2. The van der Waals surface area contributed by atoms with E-state index in [-0.39, 0.29) is 6.03 Å². The van der Waals surface area contributed by atoms with Gasteiger partial charge in [0.15, 0.2) is 5.58 Å². The number of hydrogen-bond donors (Lipinski definition) is 2. The quantitative estimate of drug-likeness (QED) is 0.701. The van der Waals surface area contributed by atoms with E-state index in [1.165, 1.54) is 0 Å². The van der Waals surface area contributed by atoms with Crippen LogP contribution in [0.1, 0.15) is 0 Å². The Morgan fingerprint density at radius 2 is 1.96 bits per heavy atom. The van der Waals surface area contributed by atoms with Gasteiger partial charge in [0, 0.05) is 18.7 Å². The SMILES string of the molecule is Nc1cc(-c2nc3ccccc3o2)ccc1NC(=O)N1CCOCC1. The first kappa shape index (κ1) is 15.5. The average Bonchev–Trinajstić information content (AvgIpc) is 3.08. The first-order chi connectivity index (χ1) is 12.2. The van der Waals surface area contributed by atoms with Crippen LogP contribution in [0.5, 0.6) is 0 Å². The second-order valence-electron chi connectivity index (χ2n) is 5.82. The number of amides is 2. The molecule has 0 atom stereocenters. The van der Waals surface area contributed by atoms with Crippen molar-refractivity contribution < 1.29 is 13.9 Å². The van der Waals surface area contributed by atoms with Crippen LogP contribution in [0.25, 0.3) is 22.6 Å². The van der Waals surface area contributed by atoms with Crippen LogP contribution in [0.2, 0.25) is 0 Å². The van der Waals surface area contributed by atoms with Gasteiger partial charge in [-0.05, 0) is 30.3 Å². The molecule has 2 aromatic carbocycles. The first-order valence-electron chi connectivity index (χ1n) is 8.10. The Labute approximate surface area is 144 Å². The van der Waals surface area contributed by atoms with Crippen LogP contribution >= 0.6 is 0 Å². The summed E-state index contributed by atoms with van der Waals surface area (Å²) >= 11 is 0. The van der Waals surface area contributed by atoms with Crippen LogP contribution in [0.3, 0.4) is 0 Å². The minimum atomic E-state index is -0.176. The van der Waals surface area contributed by atoms with Gasteiger partial charge in [-0.3, -0.25) is 0 Å². The zero-order chi connectivity index (χ0) is 17.2. The van der Waals surface area contributed by atoms with E-state index in [2.05, 4.69) is 10.3 Å². The van der Waals surface area contributed by atoms with Gasteiger partial charge >= 0.3 is 6.03 Å². The Morgan fingerprint density at radius 3 is 2.72 bits per heavy atom. The van der Waals surface area contributed by atoms with Crippen LogP contribution in [-0.2, 0) is 4.74 Å². The Hall–Kier alpha value is -3.06. The summed E-state index contributed by atoms with van der Waals surface area (Å²) in [6.07, 6.45) is 0. The highest BCUT2D eigenvalue weighted by molar-refractivity contribution is 5.93. The van der Waals surface area contributed by atoms with Crippen molar-refractivity contribution in [3.63, 3.8) is 0 Å². The zero-order valence-electron chi connectivity index (χ0n) is 13.6. The molecule has 1 fully saturated rings. The van der Waals surface area contributed by atoms with Gasteiger partial charge in [0.1, 0.15) is 5.52 Å². The van der Waals surface area contributed by atoms with Crippen molar-refractivity contribution in [2.45, 2.75) is 0 Å². The summed E-state index contributed by atoms with van der Waals surface area (Å²) in [4.78, 5) is 18.4. The Bertz CT molecular complexity index is 883. The number of nitrogen functional groups attached to an aromatic ring is 1. The van der Waals surface area contributed by atoms with Crippen molar-refractivity contribution in [3.05, 3.63) is 42.5 Å². The number of oxazole rings is 1. The number of urea groups is 1. The fourth-order valence-electron chi connectivity index (χ4n) is 2.77. The molecule has 0 saturated carbocycles. The molecule has 0 radical (unpaired) electrons. The second-order valence-corrected chi connectivity index (χ2v) is 5.82. The molecule has 4 rings (SSSR count). The number of nitrogens with two attached hydrogens (primary N) is 1. The highest BCUT2D eigenvalue weighted by Crippen LogP contribution is 2.29. The third-order valence-electron chi connectivity index (χ3n) is 4.13. The topological polar surface area (TPSA) is 93.6 Å². The van der Waals surface area contributed by atoms with E-state index in [4.69, 9.17) is 14.9 Å². The number of nitrogens with one attached hydrogen (secondary N) is 1. The largest absolute Gasteiger partial charge is 0.436 e. The van der Waals surface area contributed by atoms with Crippen molar-refractivity contribution in [1.29, 1.82) is 0 Å². The van der Waals surface area contributed by atoms with Crippen LogP contribution < -0.4 is 11.1 Å². The van der Waals surface area contributed by atoms with Gasteiger partial charge < -0.3 is 25.1 Å². The van der Waals surface area contributed by atoms with E-state index in [1.807, 2.05) is 30.3 Å². The molecule has 7 nitrogen and oxygen atoms in total. The molecular weight excluding hydrogens is 320 g/mol. The van der Waals surface area contributed by atoms with Gasteiger partial charge in [-0.2, -0.15) is 0 Å². The summed E-state index contributed by atoms with van der Waals surface area (Å²) in [6, 6.07) is 12.7. The summed E-state index contributed by atoms with van der Waals surface area (Å²) in [5.74, 6) is 0.499. The van der Waals surface area contributed by atoms with Crippen molar-refractivity contribution in [1.82, 2.24) is 9.88 Å². The standard InChI is InChI=1S/C18H18N4O3/c19-13-11-12(17-20-15-3-1-2-4-16(15)25-17)5-6-14(13)21-18(23)22-7-9-24-10-8-22/h1-6,11H,7-10,19H2,(H,21,23). The number of benzene rings is 2. The van der Waals surface area contributed by atoms with E-state index in [0.29, 0.717) is 43.6 Å². The normalized spacial score (nSPS) is 14.6. The van der Waals surface area contributed by atoms with Gasteiger partial charge in [0.05, 0.1) is 24.6 Å². The van der Waals surface area contributed by atoms with Crippen LogP contribution in [0, 0.1) is 0 Å². The molecule has 1 aliphatic heterocycles.